The van der Waals surface area contributed by atoms with Crippen LogP contribution in [0.5, 0.6) is 0 Å². The fourth-order valence-corrected chi connectivity index (χ4v) is 3.06. The van der Waals surface area contributed by atoms with Gasteiger partial charge >= 0.3 is 0 Å². The zero-order valence-corrected chi connectivity index (χ0v) is 17.2. The molecule has 5 nitrogen and oxygen atoms in total. The van der Waals surface area contributed by atoms with Crippen molar-refractivity contribution in [3.8, 4) is 11.3 Å². The average Bonchev–Trinajstić information content (AvgIpc) is 2.66. The maximum absolute atomic E-state index is 12.4. The second-order valence-corrected chi connectivity index (χ2v) is 7.52. The summed E-state index contributed by atoms with van der Waals surface area (Å²) in [5.74, 6) is 0.439. The molecule has 27 heavy (non-hydrogen) atoms. The third-order valence-corrected chi connectivity index (χ3v) is 4.79. The Labute approximate surface area is 172 Å². The SMILES string of the molecule is CCCc1nc(-c2ccc(N)cc2)cnc1NC(=O)Cc1ccc(I)cc1. The number of benzene rings is 2. The molecule has 0 atom stereocenters. The van der Waals surface area contributed by atoms with E-state index >= 15 is 0 Å². The predicted molar refractivity (Wildman–Crippen MR) is 117 cm³/mol. The van der Waals surface area contributed by atoms with Gasteiger partial charge in [0.15, 0.2) is 5.82 Å². The lowest BCUT2D eigenvalue weighted by molar-refractivity contribution is -0.115. The van der Waals surface area contributed by atoms with Gasteiger partial charge in [0.2, 0.25) is 5.91 Å². The standard InChI is InChI=1S/C21H21IN4O/c1-2-3-18-21(26-20(27)12-14-4-8-16(22)9-5-14)24-13-19(25-18)15-6-10-17(23)11-7-15/h4-11,13H,2-3,12,23H2,1H3,(H,24,26,27). The Hall–Kier alpha value is -2.48. The lowest BCUT2D eigenvalue weighted by Crippen LogP contribution is -2.17. The molecule has 3 aromatic rings. The molecule has 0 aliphatic carbocycles. The van der Waals surface area contributed by atoms with Gasteiger partial charge in [-0.25, -0.2) is 9.97 Å². The van der Waals surface area contributed by atoms with E-state index in [-0.39, 0.29) is 5.91 Å². The number of rotatable bonds is 6. The van der Waals surface area contributed by atoms with E-state index < -0.39 is 0 Å². The summed E-state index contributed by atoms with van der Waals surface area (Å²) in [6, 6.07) is 15.4. The van der Waals surface area contributed by atoms with E-state index in [9.17, 15) is 4.79 Å². The van der Waals surface area contributed by atoms with Gasteiger partial charge in [-0.1, -0.05) is 37.6 Å². The largest absolute Gasteiger partial charge is 0.399 e. The lowest BCUT2D eigenvalue weighted by Gasteiger charge is -2.11. The van der Waals surface area contributed by atoms with E-state index in [1.165, 1.54) is 0 Å². The van der Waals surface area contributed by atoms with Crippen molar-refractivity contribution in [2.75, 3.05) is 11.1 Å². The Kier molecular flexibility index (Phi) is 6.39. The smallest absolute Gasteiger partial charge is 0.229 e. The van der Waals surface area contributed by atoms with Crippen LogP contribution in [0.25, 0.3) is 11.3 Å². The monoisotopic (exact) mass is 472 g/mol. The minimum atomic E-state index is -0.0944. The van der Waals surface area contributed by atoms with Gasteiger partial charge in [0.1, 0.15) is 0 Å². The van der Waals surface area contributed by atoms with Crippen LogP contribution in [-0.4, -0.2) is 15.9 Å². The number of nitrogens with two attached hydrogens (primary N) is 1. The van der Waals surface area contributed by atoms with Crippen molar-refractivity contribution in [2.24, 2.45) is 0 Å². The predicted octanol–water partition coefficient (Wildman–Crippen LogP) is 4.46. The second kappa shape index (κ2) is 8.94. The Morgan fingerprint density at radius 3 is 2.48 bits per heavy atom. The van der Waals surface area contributed by atoms with Crippen LogP contribution in [0.2, 0.25) is 0 Å². The molecule has 3 N–H and O–H groups in total. The maximum Gasteiger partial charge on any atom is 0.229 e. The molecule has 0 saturated heterocycles. The number of hydrogen-bond acceptors (Lipinski definition) is 4. The second-order valence-electron chi connectivity index (χ2n) is 6.27. The minimum Gasteiger partial charge on any atom is -0.399 e. The number of nitrogen functional groups attached to an aromatic ring is 1. The van der Waals surface area contributed by atoms with Crippen molar-refractivity contribution in [1.82, 2.24) is 9.97 Å². The number of carbonyl (C=O) groups is 1. The molecule has 0 aliphatic rings. The first-order valence-corrected chi connectivity index (χ1v) is 9.89. The maximum atomic E-state index is 12.4. The van der Waals surface area contributed by atoms with Crippen LogP contribution in [-0.2, 0) is 17.6 Å². The van der Waals surface area contributed by atoms with Gasteiger partial charge in [-0.2, -0.15) is 0 Å². The molecule has 0 saturated carbocycles. The van der Waals surface area contributed by atoms with Gasteiger partial charge in [0.25, 0.3) is 0 Å². The number of carbonyl (C=O) groups excluding carboxylic acids is 1. The number of nitrogens with one attached hydrogen (secondary N) is 1. The summed E-state index contributed by atoms with van der Waals surface area (Å²) in [5, 5.41) is 2.91. The van der Waals surface area contributed by atoms with Gasteiger partial charge in [-0.05, 0) is 58.8 Å². The van der Waals surface area contributed by atoms with Crippen molar-refractivity contribution in [3.63, 3.8) is 0 Å². The molecule has 0 aliphatic heterocycles. The van der Waals surface area contributed by atoms with E-state index in [1.54, 1.807) is 6.20 Å². The van der Waals surface area contributed by atoms with E-state index in [1.807, 2.05) is 48.5 Å². The summed E-state index contributed by atoms with van der Waals surface area (Å²) >= 11 is 2.25. The molecule has 0 bridgehead atoms. The van der Waals surface area contributed by atoms with Crippen LogP contribution in [0.15, 0.2) is 54.7 Å². The highest BCUT2D eigenvalue weighted by Crippen LogP contribution is 2.22. The van der Waals surface area contributed by atoms with E-state index in [2.05, 4.69) is 39.8 Å². The zero-order chi connectivity index (χ0) is 19.2. The van der Waals surface area contributed by atoms with Gasteiger partial charge < -0.3 is 11.1 Å². The summed E-state index contributed by atoms with van der Waals surface area (Å²) in [5.41, 5.74) is 9.94. The Balaban J connectivity index is 1.78. The van der Waals surface area contributed by atoms with Gasteiger partial charge in [0, 0.05) is 14.8 Å². The van der Waals surface area contributed by atoms with Crippen LogP contribution in [0.3, 0.4) is 0 Å². The van der Waals surface area contributed by atoms with E-state index in [4.69, 9.17) is 10.7 Å². The highest BCUT2D eigenvalue weighted by Gasteiger charge is 2.12. The number of anilines is 2. The molecular weight excluding hydrogens is 451 g/mol. The molecule has 0 spiro atoms. The van der Waals surface area contributed by atoms with Gasteiger partial charge in [-0.3, -0.25) is 4.79 Å². The number of nitrogens with zero attached hydrogens (tertiary/aromatic N) is 2. The van der Waals surface area contributed by atoms with Crippen LogP contribution < -0.4 is 11.1 Å². The van der Waals surface area contributed by atoms with Crippen molar-refractivity contribution in [1.29, 1.82) is 0 Å². The molecule has 6 heteroatoms. The van der Waals surface area contributed by atoms with Crippen molar-refractivity contribution in [2.45, 2.75) is 26.2 Å². The molecule has 1 heterocycles. The first-order chi connectivity index (χ1) is 13.0. The average molecular weight is 472 g/mol. The summed E-state index contributed by atoms with van der Waals surface area (Å²) in [6.07, 6.45) is 3.66. The fourth-order valence-electron chi connectivity index (χ4n) is 2.70. The quantitative estimate of drug-likeness (QED) is 0.410. The molecule has 0 radical (unpaired) electrons. The molecule has 3 rings (SSSR count). The van der Waals surface area contributed by atoms with Crippen LogP contribution in [0.4, 0.5) is 11.5 Å². The summed E-state index contributed by atoms with van der Waals surface area (Å²) in [4.78, 5) is 21.6. The number of aromatic nitrogens is 2. The number of amides is 1. The molecule has 1 amide bonds. The number of halogens is 1. The minimum absolute atomic E-state index is 0.0944. The zero-order valence-electron chi connectivity index (χ0n) is 15.1. The number of hydrogen-bond donors (Lipinski definition) is 2. The number of aryl methyl sites for hydroxylation is 1. The molecule has 2 aromatic carbocycles. The Morgan fingerprint density at radius 1 is 1.11 bits per heavy atom. The Morgan fingerprint density at radius 2 is 1.81 bits per heavy atom. The molecule has 1 aromatic heterocycles. The summed E-state index contributed by atoms with van der Waals surface area (Å²) in [7, 11) is 0. The molecule has 0 unspecified atom stereocenters. The van der Waals surface area contributed by atoms with Crippen LogP contribution in [0, 0.1) is 3.57 Å². The van der Waals surface area contributed by atoms with E-state index in [0.29, 0.717) is 17.9 Å². The molecule has 0 fully saturated rings. The van der Waals surface area contributed by atoms with Crippen LogP contribution >= 0.6 is 22.6 Å². The van der Waals surface area contributed by atoms with Gasteiger partial charge in [-0.15, -0.1) is 0 Å². The first-order valence-electron chi connectivity index (χ1n) is 8.81. The summed E-state index contributed by atoms with van der Waals surface area (Å²) in [6.45, 7) is 2.08. The third-order valence-electron chi connectivity index (χ3n) is 4.07. The van der Waals surface area contributed by atoms with Crippen molar-refractivity contribution >= 4 is 40.0 Å². The molecular formula is C21H21IN4O. The van der Waals surface area contributed by atoms with Crippen molar-refractivity contribution < 1.29 is 4.79 Å². The van der Waals surface area contributed by atoms with E-state index in [0.717, 1.165) is 38.9 Å². The highest BCUT2D eigenvalue weighted by atomic mass is 127. The lowest BCUT2D eigenvalue weighted by atomic mass is 10.1. The topological polar surface area (TPSA) is 80.9 Å². The third kappa shape index (κ3) is 5.26. The van der Waals surface area contributed by atoms with Gasteiger partial charge in [0.05, 0.1) is 24.0 Å². The molecule has 138 valence electrons. The highest BCUT2D eigenvalue weighted by molar-refractivity contribution is 14.1. The van der Waals surface area contributed by atoms with Crippen molar-refractivity contribution in [3.05, 3.63) is 69.6 Å². The normalized spacial score (nSPS) is 10.6. The fraction of sp³-hybridized carbons (Fsp3) is 0.190. The first kappa shape index (κ1) is 19.3. The Bertz CT molecular complexity index is 924. The summed E-state index contributed by atoms with van der Waals surface area (Å²) < 4.78 is 1.14. The van der Waals surface area contributed by atoms with Crippen LogP contribution in [0.1, 0.15) is 24.6 Å².